The third-order valence-electron chi connectivity index (χ3n) is 7.34. The molecular formula is C29H35N3O3. The standard InChI is InChI=1S/C29H35N3O3/c33-28(30-24-8-2-1-3-9-24)23-14-12-22(13-15-23)7-6-16-32-21-26(25-10-4-5-11-27(25)32)29(34)31-17-19-35-20-18-31/h4-5,10-15,21,24H,1-3,6-9,16-20H2,(H,30,33). The summed E-state index contributed by atoms with van der Waals surface area (Å²) in [6.45, 7) is 3.33. The first-order valence-electron chi connectivity index (χ1n) is 13.0. The molecule has 2 heterocycles. The Morgan fingerprint density at radius 1 is 0.943 bits per heavy atom. The van der Waals surface area contributed by atoms with E-state index < -0.39 is 0 Å². The number of fused-ring (bicyclic) bond motifs is 1. The monoisotopic (exact) mass is 473 g/mol. The van der Waals surface area contributed by atoms with Crippen molar-refractivity contribution in [3.63, 3.8) is 0 Å². The van der Waals surface area contributed by atoms with Gasteiger partial charge in [-0.3, -0.25) is 9.59 Å². The van der Waals surface area contributed by atoms with Crippen LogP contribution >= 0.6 is 0 Å². The highest BCUT2D eigenvalue weighted by Crippen LogP contribution is 2.24. The van der Waals surface area contributed by atoms with Crippen molar-refractivity contribution in [1.82, 2.24) is 14.8 Å². The zero-order chi connectivity index (χ0) is 24.0. The van der Waals surface area contributed by atoms with Crippen LogP contribution in [-0.2, 0) is 17.7 Å². The number of aryl methyl sites for hydroxylation is 2. The van der Waals surface area contributed by atoms with E-state index in [2.05, 4.69) is 28.1 Å². The van der Waals surface area contributed by atoms with Gasteiger partial charge in [0.05, 0.1) is 18.8 Å². The van der Waals surface area contributed by atoms with Crippen molar-refractivity contribution in [2.75, 3.05) is 26.3 Å². The molecule has 1 aliphatic heterocycles. The van der Waals surface area contributed by atoms with E-state index >= 15 is 0 Å². The Bertz CT molecular complexity index is 1160. The van der Waals surface area contributed by atoms with Crippen LogP contribution in [0.15, 0.2) is 54.7 Å². The molecule has 2 aliphatic rings. The molecular weight excluding hydrogens is 438 g/mol. The molecule has 1 aliphatic carbocycles. The zero-order valence-corrected chi connectivity index (χ0v) is 20.4. The first-order chi connectivity index (χ1) is 17.2. The molecule has 3 aromatic rings. The molecule has 0 bridgehead atoms. The lowest BCUT2D eigenvalue weighted by atomic mass is 9.95. The molecule has 1 saturated carbocycles. The van der Waals surface area contributed by atoms with Gasteiger partial charge in [-0.05, 0) is 49.4 Å². The number of morpholine rings is 1. The number of amides is 2. The highest BCUT2D eigenvalue weighted by atomic mass is 16.5. The molecule has 2 fully saturated rings. The molecule has 0 atom stereocenters. The Hall–Kier alpha value is -3.12. The van der Waals surface area contributed by atoms with Gasteiger partial charge in [0, 0.05) is 48.3 Å². The molecule has 0 radical (unpaired) electrons. The zero-order valence-electron chi connectivity index (χ0n) is 20.4. The van der Waals surface area contributed by atoms with E-state index in [-0.39, 0.29) is 11.8 Å². The summed E-state index contributed by atoms with van der Waals surface area (Å²) in [5.41, 5.74) is 3.83. The quantitative estimate of drug-likeness (QED) is 0.536. The number of nitrogens with zero attached hydrogens (tertiary/aromatic N) is 2. The smallest absolute Gasteiger partial charge is 0.256 e. The van der Waals surface area contributed by atoms with Crippen molar-refractivity contribution in [3.05, 3.63) is 71.4 Å². The Morgan fingerprint density at radius 3 is 2.46 bits per heavy atom. The van der Waals surface area contributed by atoms with Gasteiger partial charge in [-0.1, -0.05) is 49.6 Å². The number of hydrogen-bond acceptors (Lipinski definition) is 3. The van der Waals surface area contributed by atoms with Gasteiger partial charge in [0.25, 0.3) is 11.8 Å². The summed E-state index contributed by atoms with van der Waals surface area (Å²) in [6.07, 6.45) is 9.79. The minimum atomic E-state index is 0.0414. The van der Waals surface area contributed by atoms with Crippen LogP contribution in [0.25, 0.3) is 10.9 Å². The van der Waals surface area contributed by atoms with Crippen molar-refractivity contribution < 1.29 is 14.3 Å². The van der Waals surface area contributed by atoms with Gasteiger partial charge >= 0.3 is 0 Å². The largest absolute Gasteiger partial charge is 0.378 e. The van der Waals surface area contributed by atoms with Crippen molar-refractivity contribution in [2.24, 2.45) is 0 Å². The number of hydrogen-bond donors (Lipinski definition) is 1. The van der Waals surface area contributed by atoms with Crippen LogP contribution in [0.3, 0.4) is 0 Å². The highest BCUT2D eigenvalue weighted by molar-refractivity contribution is 6.07. The lowest BCUT2D eigenvalue weighted by Crippen LogP contribution is -2.40. The van der Waals surface area contributed by atoms with E-state index in [4.69, 9.17) is 4.74 Å². The number of carbonyl (C=O) groups is 2. The second-order valence-electron chi connectivity index (χ2n) is 9.77. The molecule has 2 amide bonds. The third kappa shape index (κ3) is 5.59. The molecule has 2 aromatic carbocycles. The first kappa shape index (κ1) is 23.6. The normalized spacial score (nSPS) is 17.0. The average Bonchev–Trinajstić information content (AvgIpc) is 3.28. The van der Waals surface area contributed by atoms with E-state index in [0.717, 1.165) is 54.3 Å². The van der Waals surface area contributed by atoms with Crippen molar-refractivity contribution in [1.29, 1.82) is 0 Å². The van der Waals surface area contributed by atoms with Crippen LogP contribution in [0, 0.1) is 0 Å². The highest BCUT2D eigenvalue weighted by Gasteiger charge is 2.22. The second kappa shape index (κ2) is 11.1. The average molecular weight is 474 g/mol. The topological polar surface area (TPSA) is 63.6 Å². The van der Waals surface area contributed by atoms with Gasteiger partial charge in [-0.2, -0.15) is 0 Å². The van der Waals surface area contributed by atoms with Crippen LogP contribution in [-0.4, -0.2) is 53.6 Å². The minimum Gasteiger partial charge on any atom is -0.378 e. The molecule has 0 spiro atoms. The molecule has 1 saturated heterocycles. The van der Waals surface area contributed by atoms with Gasteiger partial charge in [-0.15, -0.1) is 0 Å². The maximum Gasteiger partial charge on any atom is 0.256 e. The predicted molar refractivity (Wildman–Crippen MR) is 138 cm³/mol. The summed E-state index contributed by atoms with van der Waals surface area (Å²) in [5, 5.41) is 4.20. The number of carbonyl (C=O) groups excluding carboxylic acids is 2. The summed E-state index contributed by atoms with van der Waals surface area (Å²) in [6, 6.07) is 16.5. The van der Waals surface area contributed by atoms with Gasteiger partial charge in [0.2, 0.25) is 0 Å². The Balaban J connectivity index is 1.20. The predicted octanol–water partition coefficient (Wildman–Crippen LogP) is 4.81. The van der Waals surface area contributed by atoms with E-state index in [0.29, 0.717) is 32.3 Å². The van der Waals surface area contributed by atoms with E-state index in [1.807, 2.05) is 41.4 Å². The van der Waals surface area contributed by atoms with E-state index in [1.54, 1.807) is 0 Å². The number of nitrogens with one attached hydrogen (secondary N) is 1. The van der Waals surface area contributed by atoms with Crippen LogP contribution < -0.4 is 5.32 Å². The molecule has 1 N–H and O–H groups in total. The molecule has 6 nitrogen and oxygen atoms in total. The lowest BCUT2D eigenvalue weighted by Gasteiger charge is -2.26. The number of benzene rings is 2. The van der Waals surface area contributed by atoms with Gasteiger partial charge in [0.15, 0.2) is 0 Å². The van der Waals surface area contributed by atoms with Gasteiger partial charge < -0.3 is 19.5 Å². The fourth-order valence-electron chi connectivity index (χ4n) is 5.33. The summed E-state index contributed by atoms with van der Waals surface area (Å²) >= 11 is 0. The van der Waals surface area contributed by atoms with E-state index in [9.17, 15) is 9.59 Å². The minimum absolute atomic E-state index is 0.0414. The van der Waals surface area contributed by atoms with Crippen LogP contribution in [0.5, 0.6) is 0 Å². The molecule has 1 aromatic heterocycles. The maximum absolute atomic E-state index is 13.2. The maximum atomic E-state index is 13.2. The molecule has 35 heavy (non-hydrogen) atoms. The fourth-order valence-corrected chi connectivity index (χ4v) is 5.33. The van der Waals surface area contributed by atoms with Crippen LogP contribution in [0.2, 0.25) is 0 Å². The van der Waals surface area contributed by atoms with Gasteiger partial charge in [0.1, 0.15) is 0 Å². The Morgan fingerprint density at radius 2 is 1.69 bits per heavy atom. The number of ether oxygens (including phenoxy) is 1. The summed E-state index contributed by atoms with van der Waals surface area (Å²) in [7, 11) is 0. The molecule has 5 rings (SSSR count). The summed E-state index contributed by atoms with van der Waals surface area (Å²) in [5.74, 6) is 0.130. The Kier molecular flexibility index (Phi) is 7.48. The van der Waals surface area contributed by atoms with Crippen molar-refractivity contribution >= 4 is 22.7 Å². The van der Waals surface area contributed by atoms with Gasteiger partial charge in [-0.25, -0.2) is 0 Å². The second-order valence-corrected chi connectivity index (χ2v) is 9.77. The Labute approximate surface area is 207 Å². The number of rotatable bonds is 7. The van der Waals surface area contributed by atoms with Crippen LogP contribution in [0.1, 0.15) is 64.8 Å². The number of para-hydroxylation sites is 1. The van der Waals surface area contributed by atoms with E-state index in [1.165, 1.54) is 24.8 Å². The summed E-state index contributed by atoms with van der Waals surface area (Å²) in [4.78, 5) is 27.6. The SMILES string of the molecule is O=C(NC1CCCCC1)c1ccc(CCCn2cc(C(=O)N3CCOCC3)c3ccccc32)cc1. The van der Waals surface area contributed by atoms with Crippen LogP contribution in [0.4, 0.5) is 0 Å². The molecule has 184 valence electrons. The third-order valence-corrected chi connectivity index (χ3v) is 7.34. The van der Waals surface area contributed by atoms with Crippen molar-refractivity contribution in [2.45, 2.75) is 57.5 Å². The summed E-state index contributed by atoms with van der Waals surface area (Å²) < 4.78 is 7.61. The van der Waals surface area contributed by atoms with Crippen molar-refractivity contribution in [3.8, 4) is 0 Å². The lowest BCUT2D eigenvalue weighted by molar-refractivity contribution is 0.0304. The molecule has 0 unspecified atom stereocenters. The number of aromatic nitrogens is 1. The first-order valence-corrected chi connectivity index (χ1v) is 13.0. The molecule has 6 heteroatoms. The fraction of sp³-hybridized carbons (Fsp3) is 0.448.